The minimum Gasteiger partial charge on any atom is -0.395 e. The van der Waals surface area contributed by atoms with Crippen molar-refractivity contribution >= 4 is 0 Å². The number of hydrogen-bond donors (Lipinski definition) is 2. The molecule has 2 aromatic rings. The van der Waals surface area contributed by atoms with Crippen LogP contribution in [0.4, 0.5) is 0 Å². The number of nitrogens with zero attached hydrogens (tertiary/aromatic N) is 3. The van der Waals surface area contributed by atoms with Crippen LogP contribution in [0.2, 0.25) is 0 Å². The smallest absolute Gasteiger partial charge is 0.257 e. The predicted octanol–water partition coefficient (Wildman–Crippen LogP) is 0.832. The van der Waals surface area contributed by atoms with Crippen molar-refractivity contribution in [2.45, 2.75) is 13.5 Å². The van der Waals surface area contributed by atoms with E-state index in [9.17, 15) is 0 Å². The van der Waals surface area contributed by atoms with Crippen LogP contribution in [0, 0.1) is 6.92 Å². The topological polar surface area (TPSA) is 82.6 Å². The maximum Gasteiger partial charge on any atom is 0.257 e. The molecule has 6 heteroatoms. The van der Waals surface area contributed by atoms with Gasteiger partial charge in [-0.25, -0.2) is 0 Å². The number of hydrogen-bond acceptors (Lipinski definition) is 6. The van der Waals surface area contributed by atoms with Crippen LogP contribution in [-0.4, -0.2) is 51.6 Å². The first kappa shape index (κ1) is 14.6. The molecule has 0 aliphatic heterocycles. The Morgan fingerprint density at radius 2 is 1.75 bits per heavy atom. The van der Waals surface area contributed by atoms with E-state index in [1.54, 1.807) is 0 Å². The molecule has 0 fully saturated rings. The fraction of sp³-hybridized carbons (Fsp3) is 0.429. The highest BCUT2D eigenvalue weighted by atomic mass is 16.5. The Kier molecular flexibility index (Phi) is 5.23. The van der Waals surface area contributed by atoms with Crippen LogP contribution in [0.25, 0.3) is 11.5 Å². The molecule has 0 amide bonds. The maximum absolute atomic E-state index is 8.96. The summed E-state index contributed by atoms with van der Waals surface area (Å²) in [6, 6.07) is 7.85. The lowest BCUT2D eigenvalue weighted by Gasteiger charge is -2.17. The van der Waals surface area contributed by atoms with Crippen molar-refractivity contribution in [3.8, 4) is 11.5 Å². The van der Waals surface area contributed by atoms with Gasteiger partial charge in [-0.15, -0.1) is 0 Å². The summed E-state index contributed by atoms with van der Waals surface area (Å²) in [6.45, 7) is 3.45. The monoisotopic (exact) mass is 277 g/mol. The number of aliphatic hydroxyl groups is 2. The fourth-order valence-electron chi connectivity index (χ4n) is 1.88. The van der Waals surface area contributed by atoms with Gasteiger partial charge in [0, 0.05) is 18.7 Å². The Morgan fingerprint density at radius 3 is 2.35 bits per heavy atom. The van der Waals surface area contributed by atoms with E-state index in [2.05, 4.69) is 10.1 Å². The van der Waals surface area contributed by atoms with Crippen molar-refractivity contribution in [3.63, 3.8) is 0 Å². The summed E-state index contributed by atoms with van der Waals surface area (Å²) >= 11 is 0. The second-order valence-corrected chi connectivity index (χ2v) is 4.61. The van der Waals surface area contributed by atoms with Crippen LogP contribution in [0.5, 0.6) is 0 Å². The first-order chi connectivity index (χ1) is 9.72. The van der Waals surface area contributed by atoms with Crippen molar-refractivity contribution in [2.75, 3.05) is 26.3 Å². The normalized spacial score (nSPS) is 11.2. The molecular weight excluding hydrogens is 258 g/mol. The van der Waals surface area contributed by atoms with E-state index >= 15 is 0 Å². The zero-order chi connectivity index (χ0) is 14.4. The zero-order valence-corrected chi connectivity index (χ0v) is 11.5. The van der Waals surface area contributed by atoms with Crippen LogP contribution in [0.3, 0.4) is 0 Å². The summed E-state index contributed by atoms with van der Waals surface area (Å²) in [7, 11) is 0. The van der Waals surface area contributed by atoms with Gasteiger partial charge < -0.3 is 14.7 Å². The fourth-order valence-corrected chi connectivity index (χ4v) is 1.88. The molecule has 0 radical (unpaired) electrons. The van der Waals surface area contributed by atoms with Crippen LogP contribution >= 0.6 is 0 Å². The molecule has 1 heterocycles. The molecule has 0 aliphatic carbocycles. The lowest BCUT2D eigenvalue weighted by molar-refractivity contribution is 0.152. The Balaban J connectivity index is 2.06. The average Bonchev–Trinajstić information content (AvgIpc) is 2.89. The van der Waals surface area contributed by atoms with Crippen molar-refractivity contribution in [2.24, 2.45) is 0 Å². The minimum absolute atomic E-state index is 0.0304. The largest absolute Gasteiger partial charge is 0.395 e. The van der Waals surface area contributed by atoms with E-state index in [1.165, 1.54) is 5.56 Å². The molecule has 108 valence electrons. The van der Waals surface area contributed by atoms with Gasteiger partial charge in [-0.2, -0.15) is 4.98 Å². The zero-order valence-electron chi connectivity index (χ0n) is 11.5. The molecule has 2 rings (SSSR count). The molecule has 6 nitrogen and oxygen atoms in total. The second kappa shape index (κ2) is 7.14. The molecular formula is C14H19N3O3. The molecule has 0 bridgehead atoms. The van der Waals surface area contributed by atoms with Gasteiger partial charge >= 0.3 is 0 Å². The van der Waals surface area contributed by atoms with Crippen LogP contribution < -0.4 is 0 Å². The van der Waals surface area contributed by atoms with E-state index in [-0.39, 0.29) is 13.2 Å². The summed E-state index contributed by atoms with van der Waals surface area (Å²) < 4.78 is 5.23. The highest BCUT2D eigenvalue weighted by Gasteiger charge is 2.12. The Morgan fingerprint density at radius 1 is 1.10 bits per heavy atom. The summed E-state index contributed by atoms with van der Waals surface area (Å²) in [4.78, 5) is 6.20. The Bertz CT molecular complexity index is 519. The lowest BCUT2D eigenvalue weighted by atomic mass is 10.1. The molecule has 0 unspecified atom stereocenters. The number of aryl methyl sites for hydroxylation is 1. The summed E-state index contributed by atoms with van der Waals surface area (Å²) in [5.74, 6) is 1.02. The van der Waals surface area contributed by atoms with Crippen molar-refractivity contribution in [3.05, 3.63) is 35.7 Å². The van der Waals surface area contributed by atoms with Gasteiger partial charge in [0.15, 0.2) is 5.82 Å². The molecule has 0 atom stereocenters. The Hall–Kier alpha value is -1.76. The maximum atomic E-state index is 8.96. The van der Waals surface area contributed by atoms with E-state index < -0.39 is 0 Å². The molecule has 1 aromatic carbocycles. The van der Waals surface area contributed by atoms with Gasteiger partial charge in [-0.05, 0) is 19.1 Å². The lowest BCUT2D eigenvalue weighted by Crippen LogP contribution is -2.29. The van der Waals surface area contributed by atoms with E-state index in [4.69, 9.17) is 14.7 Å². The minimum atomic E-state index is 0.0304. The standard InChI is InChI=1S/C14H19N3O3/c1-11-2-4-12(5-3-11)14-15-13(16-20-14)10-17(6-8-18)7-9-19/h2-5,18-19H,6-10H2,1H3. The summed E-state index contributed by atoms with van der Waals surface area (Å²) in [6.07, 6.45) is 0. The first-order valence-electron chi connectivity index (χ1n) is 6.56. The molecule has 0 aliphatic rings. The van der Waals surface area contributed by atoms with Crippen LogP contribution in [-0.2, 0) is 6.54 Å². The number of aliphatic hydroxyl groups excluding tert-OH is 2. The number of rotatable bonds is 7. The molecule has 0 saturated heterocycles. The Labute approximate surface area is 117 Å². The van der Waals surface area contributed by atoms with E-state index in [0.717, 1.165) is 5.56 Å². The quantitative estimate of drug-likeness (QED) is 0.780. The van der Waals surface area contributed by atoms with Gasteiger partial charge in [0.2, 0.25) is 0 Å². The summed E-state index contributed by atoms with van der Waals surface area (Å²) in [5.41, 5.74) is 2.05. The molecule has 20 heavy (non-hydrogen) atoms. The molecule has 0 spiro atoms. The van der Waals surface area contributed by atoms with Crippen LogP contribution in [0.15, 0.2) is 28.8 Å². The molecule has 2 N–H and O–H groups in total. The van der Waals surface area contributed by atoms with E-state index in [1.807, 2.05) is 36.1 Å². The predicted molar refractivity (Wildman–Crippen MR) is 73.9 cm³/mol. The van der Waals surface area contributed by atoms with Gasteiger partial charge in [-0.1, -0.05) is 22.9 Å². The van der Waals surface area contributed by atoms with Gasteiger partial charge in [0.1, 0.15) is 0 Å². The van der Waals surface area contributed by atoms with Gasteiger partial charge in [0.25, 0.3) is 5.89 Å². The SMILES string of the molecule is Cc1ccc(-c2nc(CN(CCO)CCO)no2)cc1. The average molecular weight is 277 g/mol. The van der Waals surface area contributed by atoms with Gasteiger partial charge in [-0.3, -0.25) is 4.90 Å². The summed E-state index contributed by atoms with van der Waals surface area (Å²) in [5, 5.41) is 21.9. The molecule has 0 saturated carbocycles. The third kappa shape index (κ3) is 3.86. The second-order valence-electron chi connectivity index (χ2n) is 4.61. The van der Waals surface area contributed by atoms with Crippen molar-refractivity contribution in [1.29, 1.82) is 0 Å². The van der Waals surface area contributed by atoms with Crippen molar-refractivity contribution < 1.29 is 14.7 Å². The number of aromatic nitrogens is 2. The third-order valence-electron chi connectivity index (χ3n) is 2.96. The van der Waals surface area contributed by atoms with E-state index in [0.29, 0.717) is 31.3 Å². The molecule has 1 aromatic heterocycles. The first-order valence-corrected chi connectivity index (χ1v) is 6.56. The highest BCUT2D eigenvalue weighted by Crippen LogP contribution is 2.17. The van der Waals surface area contributed by atoms with Crippen molar-refractivity contribution in [1.82, 2.24) is 15.0 Å². The number of benzene rings is 1. The third-order valence-corrected chi connectivity index (χ3v) is 2.96. The highest BCUT2D eigenvalue weighted by molar-refractivity contribution is 5.53. The van der Waals surface area contributed by atoms with Crippen LogP contribution in [0.1, 0.15) is 11.4 Å². The van der Waals surface area contributed by atoms with Gasteiger partial charge in [0.05, 0.1) is 19.8 Å².